The van der Waals surface area contributed by atoms with Crippen molar-refractivity contribution in [2.24, 2.45) is 5.92 Å². The lowest BCUT2D eigenvalue weighted by molar-refractivity contribution is -0.385. The van der Waals surface area contributed by atoms with Crippen LogP contribution in [0.1, 0.15) is 19.4 Å². The van der Waals surface area contributed by atoms with Gasteiger partial charge in [-0.05, 0) is 18.1 Å². The average Bonchev–Trinajstić information content (AvgIpc) is 2.34. The van der Waals surface area contributed by atoms with Gasteiger partial charge in [-0.15, -0.1) is 0 Å². The Morgan fingerprint density at radius 3 is 2.72 bits per heavy atom. The maximum atomic E-state index is 11.4. The standard InChI is InChI=1S/C13H16N2O3/c1-10(2)9-14-13(16)8-7-11-5-3-4-6-12(11)15(17)18/h3-8,10H,9H2,1-2H3,(H,14,16)/b8-7+. The SMILES string of the molecule is CC(C)CNC(=O)/C=C/c1ccccc1[N+](=O)[O-]. The molecule has 0 radical (unpaired) electrons. The van der Waals surface area contributed by atoms with Crippen molar-refractivity contribution in [3.8, 4) is 0 Å². The molecule has 0 aliphatic rings. The lowest BCUT2D eigenvalue weighted by atomic mass is 10.1. The number of rotatable bonds is 5. The Labute approximate surface area is 106 Å². The number of amides is 1. The molecular weight excluding hydrogens is 232 g/mol. The van der Waals surface area contributed by atoms with Crippen molar-refractivity contribution in [3.05, 3.63) is 46.0 Å². The Bertz CT molecular complexity index is 467. The highest BCUT2D eigenvalue weighted by Crippen LogP contribution is 2.18. The Morgan fingerprint density at radius 1 is 1.44 bits per heavy atom. The van der Waals surface area contributed by atoms with E-state index in [2.05, 4.69) is 5.32 Å². The van der Waals surface area contributed by atoms with Crippen LogP contribution in [0, 0.1) is 16.0 Å². The van der Waals surface area contributed by atoms with E-state index in [9.17, 15) is 14.9 Å². The first-order chi connectivity index (χ1) is 8.50. The fraction of sp³-hybridized carbons (Fsp3) is 0.308. The first-order valence-electron chi connectivity index (χ1n) is 5.70. The number of carbonyl (C=O) groups is 1. The Morgan fingerprint density at radius 2 is 2.11 bits per heavy atom. The monoisotopic (exact) mass is 248 g/mol. The molecule has 0 spiro atoms. The van der Waals surface area contributed by atoms with Crippen LogP contribution in [-0.4, -0.2) is 17.4 Å². The zero-order valence-corrected chi connectivity index (χ0v) is 10.4. The van der Waals surface area contributed by atoms with Gasteiger partial charge in [-0.1, -0.05) is 26.0 Å². The molecule has 1 aromatic carbocycles. The third kappa shape index (κ3) is 4.37. The summed E-state index contributed by atoms with van der Waals surface area (Å²) in [5, 5.41) is 13.5. The molecule has 18 heavy (non-hydrogen) atoms. The topological polar surface area (TPSA) is 72.2 Å². The highest BCUT2D eigenvalue weighted by Gasteiger charge is 2.09. The summed E-state index contributed by atoms with van der Waals surface area (Å²) in [5.41, 5.74) is 0.410. The zero-order chi connectivity index (χ0) is 13.5. The zero-order valence-electron chi connectivity index (χ0n) is 10.4. The second kappa shape index (κ2) is 6.54. The van der Waals surface area contributed by atoms with Gasteiger partial charge in [0, 0.05) is 18.7 Å². The number of carbonyl (C=O) groups excluding carboxylic acids is 1. The van der Waals surface area contributed by atoms with Gasteiger partial charge < -0.3 is 5.32 Å². The van der Waals surface area contributed by atoms with Crippen LogP contribution in [0.15, 0.2) is 30.3 Å². The smallest absolute Gasteiger partial charge is 0.276 e. The number of para-hydroxylation sites is 1. The van der Waals surface area contributed by atoms with Crippen LogP contribution in [0.2, 0.25) is 0 Å². The van der Waals surface area contributed by atoms with Gasteiger partial charge in [0.2, 0.25) is 5.91 Å². The van der Waals surface area contributed by atoms with Crippen LogP contribution >= 0.6 is 0 Å². The number of hydrogen-bond donors (Lipinski definition) is 1. The molecular formula is C13H16N2O3. The van der Waals surface area contributed by atoms with Crippen molar-refractivity contribution in [2.45, 2.75) is 13.8 Å². The van der Waals surface area contributed by atoms with E-state index in [0.29, 0.717) is 18.0 Å². The van der Waals surface area contributed by atoms with E-state index in [1.807, 2.05) is 13.8 Å². The van der Waals surface area contributed by atoms with Crippen LogP contribution in [0.5, 0.6) is 0 Å². The summed E-state index contributed by atoms with van der Waals surface area (Å²) < 4.78 is 0. The first-order valence-corrected chi connectivity index (χ1v) is 5.70. The van der Waals surface area contributed by atoms with Crippen molar-refractivity contribution in [1.29, 1.82) is 0 Å². The quantitative estimate of drug-likeness (QED) is 0.494. The summed E-state index contributed by atoms with van der Waals surface area (Å²) in [6.07, 6.45) is 2.76. The molecule has 0 aliphatic carbocycles. The molecule has 1 amide bonds. The Kier molecular flexibility index (Phi) is 5.05. The maximum absolute atomic E-state index is 11.4. The van der Waals surface area contributed by atoms with Crippen LogP contribution in [0.25, 0.3) is 6.08 Å². The minimum absolute atomic E-state index is 0.00888. The van der Waals surface area contributed by atoms with Crippen molar-refractivity contribution in [1.82, 2.24) is 5.32 Å². The van der Waals surface area contributed by atoms with Crippen molar-refractivity contribution >= 4 is 17.7 Å². The normalized spacial score (nSPS) is 10.8. The van der Waals surface area contributed by atoms with E-state index >= 15 is 0 Å². The van der Waals surface area contributed by atoms with Gasteiger partial charge in [0.25, 0.3) is 5.69 Å². The van der Waals surface area contributed by atoms with Crippen LogP contribution < -0.4 is 5.32 Å². The van der Waals surface area contributed by atoms with Gasteiger partial charge in [0.1, 0.15) is 0 Å². The van der Waals surface area contributed by atoms with E-state index in [4.69, 9.17) is 0 Å². The van der Waals surface area contributed by atoms with Gasteiger partial charge in [0.15, 0.2) is 0 Å². The summed E-state index contributed by atoms with van der Waals surface area (Å²) in [6, 6.07) is 6.29. The number of nitro groups is 1. The second-order valence-corrected chi connectivity index (χ2v) is 4.29. The number of nitrogens with one attached hydrogen (secondary N) is 1. The highest BCUT2D eigenvalue weighted by atomic mass is 16.6. The number of nitrogens with zero attached hydrogens (tertiary/aromatic N) is 1. The van der Waals surface area contributed by atoms with E-state index in [-0.39, 0.29) is 11.6 Å². The maximum Gasteiger partial charge on any atom is 0.276 e. The van der Waals surface area contributed by atoms with E-state index in [0.717, 1.165) is 0 Å². The van der Waals surface area contributed by atoms with E-state index in [1.165, 1.54) is 18.2 Å². The molecule has 0 saturated heterocycles. The minimum atomic E-state index is -0.467. The first kappa shape index (κ1) is 13.9. The number of hydrogen-bond acceptors (Lipinski definition) is 3. The Balaban J connectivity index is 2.72. The molecule has 5 nitrogen and oxygen atoms in total. The lowest BCUT2D eigenvalue weighted by Crippen LogP contribution is -2.25. The van der Waals surface area contributed by atoms with Gasteiger partial charge in [-0.3, -0.25) is 14.9 Å². The predicted octanol–water partition coefficient (Wildman–Crippen LogP) is 2.38. The number of nitro benzene ring substituents is 1. The molecule has 0 saturated carbocycles. The fourth-order valence-electron chi connectivity index (χ4n) is 1.32. The van der Waals surface area contributed by atoms with E-state index in [1.54, 1.807) is 18.2 Å². The molecule has 0 atom stereocenters. The van der Waals surface area contributed by atoms with Crippen molar-refractivity contribution in [3.63, 3.8) is 0 Å². The molecule has 0 fully saturated rings. The average molecular weight is 248 g/mol. The molecule has 0 aromatic heterocycles. The Hall–Kier alpha value is -2.17. The summed E-state index contributed by atoms with van der Waals surface area (Å²) in [4.78, 5) is 21.7. The summed E-state index contributed by atoms with van der Waals surface area (Å²) in [7, 11) is 0. The second-order valence-electron chi connectivity index (χ2n) is 4.29. The third-order valence-electron chi connectivity index (χ3n) is 2.23. The molecule has 5 heteroatoms. The largest absolute Gasteiger partial charge is 0.352 e. The van der Waals surface area contributed by atoms with Gasteiger partial charge >= 0.3 is 0 Å². The van der Waals surface area contributed by atoms with Gasteiger partial charge in [-0.25, -0.2) is 0 Å². The molecule has 96 valence electrons. The van der Waals surface area contributed by atoms with Crippen LogP contribution in [-0.2, 0) is 4.79 Å². The molecule has 0 heterocycles. The van der Waals surface area contributed by atoms with Crippen molar-refractivity contribution in [2.75, 3.05) is 6.54 Å². The fourth-order valence-corrected chi connectivity index (χ4v) is 1.32. The molecule has 0 bridgehead atoms. The van der Waals surface area contributed by atoms with Gasteiger partial charge in [0.05, 0.1) is 10.5 Å². The van der Waals surface area contributed by atoms with E-state index < -0.39 is 4.92 Å². The van der Waals surface area contributed by atoms with Crippen LogP contribution in [0.4, 0.5) is 5.69 Å². The summed E-state index contributed by atoms with van der Waals surface area (Å²) in [5.74, 6) is 0.121. The lowest BCUT2D eigenvalue weighted by Gasteiger charge is -2.04. The van der Waals surface area contributed by atoms with Gasteiger partial charge in [-0.2, -0.15) is 0 Å². The molecule has 1 rings (SSSR count). The molecule has 1 aromatic rings. The van der Waals surface area contributed by atoms with Crippen LogP contribution in [0.3, 0.4) is 0 Å². The van der Waals surface area contributed by atoms with Crippen molar-refractivity contribution < 1.29 is 9.72 Å². The number of benzene rings is 1. The summed E-state index contributed by atoms with van der Waals surface area (Å²) >= 11 is 0. The summed E-state index contributed by atoms with van der Waals surface area (Å²) in [6.45, 7) is 4.57. The molecule has 0 unspecified atom stereocenters. The highest BCUT2D eigenvalue weighted by molar-refractivity contribution is 5.92. The minimum Gasteiger partial charge on any atom is -0.352 e. The predicted molar refractivity (Wildman–Crippen MR) is 70.0 cm³/mol. The third-order valence-corrected chi connectivity index (χ3v) is 2.23. The molecule has 0 aliphatic heterocycles. The molecule has 1 N–H and O–H groups in total.